The lowest BCUT2D eigenvalue weighted by Gasteiger charge is -2.11. The predicted molar refractivity (Wildman–Crippen MR) is 102 cm³/mol. The molecule has 0 saturated heterocycles. The highest BCUT2D eigenvalue weighted by Crippen LogP contribution is 2.20. The standard InChI is InChI=1S/C14H15ClN2.C4H2Cl2N2/c1-10-3-5-12(6-4-10)11(2)7-13-8-16-9-14(15)17-13;5-3-1-7-2-4(6)8-3/h3-6,8-9,11H,7H2,1-2H3;1-2H/t11-;/m0./s1. The van der Waals surface area contributed by atoms with Crippen LogP contribution < -0.4 is 0 Å². The summed E-state index contributed by atoms with van der Waals surface area (Å²) < 4.78 is 0. The number of aromatic nitrogens is 4. The topological polar surface area (TPSA) is 51.6 Å². The molecule has 3 aromatic rings. The van der Waals surface area contributed by atoms with Crippen LogP contribution >= 0.6 is 34.8 Å². The molecule has 2 aromatic heterocycles. The van der Waals surface area contributed by atoms with Gasteiger partial charge in [0.15, 0.2) is 0 Å². The van der Waals surface area contributed by atoms with Gasteiger partial charge in [-0.05, 0) is 24.8 Å². The average molecular weight is 396 g/mol. The molecule has 0 N–H and O–H groups in total. The summed E-state index contributed by atoms with van der Waals surface area (Å²) in [6, 6.07) is 8.60. The van der Waals surface area contributed by atoms with Crippen molar-refractivity contribution >= 4 is 34.8 Å². The van der Waals surface area contributed by atoms with Gasteiger partial charge in [-0.3, -0.25) is 9.97 Å². The quantitative estimate of drug-likeness (QED) is 0.582. The fourth-order valence-electron chi connectivity index (χ4n) is 2.12. The van der Waals surface area contributed by atoms with Gasteiger partial charge in [0.25, 0.3) is 0 Å². The first-order valence-electron chi connectivity index (χ1n) is 7.60. The van der Waals surface area contributed by atoms with E-state index in [0.29, 0.717) is 21.4 Å². The molecule has 7 heteroatoms. The first kappa shape index (κ1) is 19.6. The lowest BCUT2D eigenvalue weighted by atomic mass is 9.96. The normalized spacial score (nSPS) is 11.4. The molecule has 25 heavy (non-hydrogen) atoms. The molecule has 0 unspecified atom stereocenters. The zero-order chi connectivity index (χ0) is 18.2. The van der Waals surface area contributed by atoms with Gasteiger partial charge in [0.1, 0.15) is 15.5 Å². The third-order valence-corrected chi connectivity index (χ3v) is 3.94. The van der Waals surface area contributed by atoms with Crippen molar-refractivity contribution in [3.05, 3.63) is 81.3 Å². The maximum Gasteiger partial charge on any atom is 0.149 e. The van der Waals surface area contributed by atoms with Crippen LogP contribution in [-0.4, -0.2) is 19.9 Å². The van der Waals surface area contributed by atoms with Gasteiger partial charge < -0.3 is 0 Å². The van der Waals surface area contributed by atoms with Gasteiger partial charge in [-0.15, -0.1) is 0 Å². The molecule has 0 spiro atoms. The first-order chi connectivity index (χ1) is 11.9. The molecule has 0 aliphatic rings. The fourth-order valence-corrected chi connectivity index (χ4v) is 2.63. The van der Waals surface area contributed by atoms with Gasteiger partial charge in [-0.25, -0.2) is 9.97 Å². The summed E-state index contributed by atoms with van der Waals surface area (Å²) in [5.41, 5.74) is 3.53. The largest absolute Gasteiger partial charge is 0.260 e. The van der Waals surface area contributed by atoms with Gasteiger partial charge in [0.2, 0.25) is 0 Å². The van der Waals surface area contributed by atoms with Crippen molar-refractivity contribution in [3.63, 3.8) is 0 Å². The summed E-state index contributed by atoms with van der Waals surface area (Å²) >= 11 is 16.6. The Bertz CT molecular complexity index is 792. The molecule has 1 atom stereocenters. The van der Waals surface area contributed by atoms with Gasteiger partial charge in [0.05, 0.1) is 24.3 Å². The van der Waals surface area contributed by atoms with Crippen LogP contribution in [0.4, 0.5) is 0 Å². The van der Waals surface area contributed by atoms with Gasteiger partial charge in [-0.2, -0.15) is 0 Å². The van der Waals surface area contributed by atoms with E-state index >= 15 is 0 Å². The number of aryl methyl sites for hydroxylation is 1. The van der Waals surface area contributed by atoms with E-state index in [1.165, 1.54) is 23.5 Å². The number of benzene rings is 1. The second-order valence-electron chi connectivity index (χ2n) is 5.51. The molecule has 0 amide bonds. The van der Waals surface area contributed by atoms with Crippen molar-refractivity contribution in [1.29, 1.82) is 0 Å². The first-order valence-corrected chi connectivity index (χ1v) is 8.73. The summed E-state index contributed by atoms with van der Waals surface area (Å²) in [5, 5.41) is 1.09. The Morgan fingerprint density at radius 1 is 0.800 bits per heavy atom. The van der Waals surface area contributed by atoms with Gasteiger partial charge in [0, 0.05) is 6.20 Å². The van der Waals surface area contributed by atoms with Crippen LogP contribution in [0.15, 0.2) is 49.1 Å². The highest BCUT2D eigenvalue weighted by atomic mass is 35.5. The molecule has 3 rings (SSSR count). The van der Waals surface area contributed by atoms with Crippen molar-refractivity contribution in [2.24, 2.45) is 0 Å². The Labute approximate surface area is 162 Å². The van der Waals surface area contributed by atoms with Crippen LogP contribution in [0.3, 0.4) is 0 Å². The molecule has 0 radical (unpaired) electrons. The van der Waals surface area contributed by atoms with Crippen molar-refractivity contribution in [3.8, 4) is 0 Å². The molecule has 0 bridgehead atoms. The molecule has 0 saturated carbocycles. The molecular weight excluding hydrogens is 379 g/mol. The Morgan fingerprint density at radius 2 is 1.32 bits per heavy atom. The predicted octanol–water partition coefficient (Wildman–Crippen LogP) is 5.57. The van der Waals surface area contributed by atoms with E-state index in [4.69, 9.17) is 34.8 Å². The second kappa shape index (κ2) is 9.66. The summed E-state index contributed by atoms with van der Waals surface area (Å²) in [5.74, 6) is 0.420. The summed E-state index contributed by atoms with van der Waals surface area (Å²) in [6.45, 7) is 4.28. The molecule has 0 fully saturated rings. The zero-order valence-electron chi connectivity index (χ0n) is 13.8. The summed E-state index contributed by atoms with van der Waals surface area (Å²) in [7, 11) is 0. The minimum absolute atomic E-state index is 0.317. The summed E-state index contributed by atoms with van der Waals surface area (Å²) in [4.78, 5) is 15.6. The third-order valence-electron chi connectivity index (χ3n) is 3.39. The molecule has 1 aromatic carbocycles. The van der Waals surface area contributed by atoms with Crippen molar-refractivity contribution in [1.82, 2.24) is 19.9 Å². The third kappa shape index (κ3) is 6.94. The zero-order valence-corrected chi connectivity index (χ0v) is 16.1. The number of halogens is 3. The summed E-state index contributed by atoms with van der Waals surface area (Å²) in [6.07, 6.45) is 7.04. The highest BCUT2D eigenvalue weighted by Gasteiger charge is 2.08. The van der Waals surface area contributed by atoms with E-state index in [-0.39, 0.29) is 0 Å². The van der Waals surface area contributed by atoms with Gasteiger partial charge in [-0.1, -0.05) is 71.6 Å². The molecule has 0 aliphatic heterocycles. The highest BCUT2D eigenvalue weighted by molar-refractivity contribution is 6.32. The Hall–Kier alpha value is -1.75. The van der Waals surface area contributed by atoms with E-state index in [2.05, 4.69) is 58.0 Å². The smallest absolute Gasteiger partial charge is 0.149 e. The average Bonchev–Trinajstić information content (AvgIpc) is 2.56. The molecule has 2 heterocycles. The molecule has 130 valence electrons. The van der Waals surface area contributed by atoms with E-state index in [1.54, 1.807) is 12.4 Å². The number of hydrogen-bond acceptors (Lipinski definition) is 4. The van der Waals surface area contributed by atoms with E-state index in [1.807, 2.05) is 0 Å². The molecule has 4 nitrogen and oxygen atoms in total. The minimum Gasteiger partial charge on any atom is -0.260 e. The molecule has 0 aliphatic carbocycles. The Kier molecular flexibility index (Phi) is 7.56. The Morgan fingerprint density at radius 3 is 1.80 bits per heavy atom. The maximum absolute atomic E-state index is 5.82. The van der Waals surface area contributed by atoms with Crippen molar-refractivity contribution < 1.29 is 0 Å². The van der Waals surface area contributed by atoms with Crippen molar-refractivity contribution in [2.75, 3.05) is 0 Å². The Balaban J connectivity index is 0.000000236. The van der Waals surface area contributed by atoms with Crippen molar-refractivity contribution in [2.45, 2.75) is 26.2 Å². The fraction of sp³-hybridized carbons (Fsp3) is 0.222. The van der Waals surface area contributed by atoms with E-state index < -0.39 is 0 Å². The minimum atomic E-state index is 0.317. The van der Waals surface area contributed by atoms with Crippen LogP contribution in [0, 0.1) is 6.92 Å². The number of hydrogen-bond donors (Lipinski definition) is 0. The second-order valence-corrected chi connectivity index (χ2v) is 6.68. The molecular formula is C18H17Cl3N4. The maximum atomic E-state index is 5.82. The SMILES string of the molecule is Cc1ccc([C@@H](C)Cc2cncc(Cl)n2)cc1.Clc1cncc(Cl)n1. The number of rotatable bonds is 3. The van der Waals surface area contributed by atoms with Crippen LogP contribution in [0.5, 0.6) is 0 Å². The van der Waals surface area contributed by atoms with Crippen LogP contribution in [-0.2, 0) is 6.42 Å². The van der Waals surface area contributed by atoms with E-state index in [9.17, 15) is 0 Å². The monoisotopic (exact) mass is 394 g/mol. The lowest BCUT2D eigenvalue weighted by Crippen LogP contribution is -2.01. The lowest BCUT2D eigenvalue weighted by molar-refractivity contribution is 0.736. The number of nitrogens with zero attached hydrogens (tertiary/aromatic N) is 4. The van der Waals surface area contributed by atoms with Crippen LogP contribution in [0.1, 0.15) is 29.7 Å². The van der Waals surface area contributed by atoms with Gasteiger partial charge >= 0.3 is 0 Å². The van der Waals surface area contributed by atoms with E-state index in [0.717, 1.165) is 12.1 Å². The van der Waals surface area contributed by atoms with Crippen LogP contribution in [0.25, 0.3) is 0 Å². The van der Waals surface area contributed by atoms with Crippen LogP contribution in [0.2, 0.25) is 15.5 Å².